The van der Waals surface area contributed by atoms with E-state index < -0.39 is 0 Å². The molecule has 0 aliphatic carbocycles. The first-order valence-electron chi connectivity index (χ1n) is 9.53. The molecule has 0 bridgehead atoms. The van der Waals surface area contributed by atoms with Crippen molar-refractivity contribution in [3.8, 4) is 0 Å². The van der Waals surface area contributed by atoms with Crippen LogP contribution >= 0.6 is 11.3 Å². The number of aryl methyl sites for hydroxylation is 1. The summed E-state index contributed by atoms with van der Waals surface area (Å²) in [5, 5.41) is 1.03. The Kier molecular flexibility index (Phi) is 5.46. The third-order valence-electron chi connectivity index (χ3n) is 5.18. The lowest BCUT2D eigenvalue weighted by Crippen LogP contribution is -2.32. The molecule has 2 aromatic carbocycles. The quantitative estimate of drug-likeness (QED) is 0.450. The van der Waals surface area contributed by atoms with Crippen LogP contribution in [0.15, 0.2) is 60.7 Å². The normalized spacial score (nSPS) is 16.3. The van der Waals surface area contributed by atoms with E-state index >= 15 is 0 Å². The summed E-state index contributed by atoms with van der Waals surface area (Å²) in [6.07, 6.45) is 6.12. The molecule has 1 aromatic heterocycles. The molecule has 0 saturated carbocycles. The minimum absolute atomic E-state index is 0.0923. The monoisotopic (exact) mass is 376 g/mol. The lowest BCUT2D eigenvalue weighted by Gasteiger charge is -2.30. The van der Waals surface area contributed by atoms with Crippen LogP contribution < -0.4 is 0 Å². The Hall–Kier alpha value is -2.30. The van der Waals surface area contributed by atoms with Crippen molar-refractivity contribution in [1.82, 2.24) is 9.88 Å². The van der Waals surface area contributed by atoms with Crippen LogP contribution in [0.4, 0.5) is 0 Å². The van der Waals surface area contributed by atoms with Gasteiger partial charge in [-0.1, -0.05) is 36.4 Å². The highest BCUT2D eigenvalue weighted by atomic mass is 32.1. The van der Waals surface area contributed by atoms with E-state index in [0.29, 0.717) is 5.92 Å². The Bertz CT molecular complexity index is 953. The van der Waals surface area contributed by atoms with Gasteiger partial charge in [-0.15, -0.1) is 11.3 Å². The number of benzene rings is 2. The van der Waals surface area contributed by atoms with Crippen molar-refractivity contribution in [2.24, 2.45) is 5.92 Å². The first kappa shape index (κ1) is 18.1. The molecule has 27 heavy (non-hydrogen) atoms. The largest absolute Gasteiger partial charge is 0.299 e. The molecule has 3 aromatic rings. The van der Waals surface area contributed by atoms with Gasteiger partial charge in [0.05, 0.1) is 15.2 Å². The van der Waals surface area contributed by atoms with Crippen LogP contribution in [-0.2, 0) is 6.54 Å². The Balaban J connectivity index is 1.32. The number of fused-ring (bicyclic) bond motifs is 1. The third-order valence-corrected chi connectivity index (χ3v) is 6.11. The lowest BCUT2D eigenvalue weighted by atomic mass is 9.95. The van der Waals surface area contributed by atoms with Crippen LogP contribution in [0, 0.1) is 12.8 Å². The maximum atomic E-state index is 12.5. The minimum Gasteiger partial charge on any atom is -0.299 e. The van der Waals surface area contributed by atoms with E-state index in [9.17, 15) is 4.79 Å². The Morgan fingerprint density at radius 1 is 1.19 bits per heavy atom. The van der Waals surface area contributed by atoms with E-state index in [1.807, 2.05) is 25.1 Å². The second-order valence-corrected chi connectivity index (χ2v) is 8.47. The summed E-state index contributed by atoms with van der Waals surface area (Å²) >= 11 is 1.64. The average Bonchev–Trinajstić information content (AvgIpc) is 3.07. The zero-order valence-corrected chi connectivity index (χ0v) is 16.4. The number of nitrogens with zero attached hydrogens (tertiary/aromatic N) is 2. The van der Waals surface area contributed by atoms with Crippen LogP contribution in [0.1, 0.15) is 33.8 Å². The SMILES string of the molecule is Cc1nc2ccc(C(=O)/C=C/C3CCN(Cc4ccccc4)CC3)cc2s1. The molecule has 0 amide bonds. The zero-order valence-electron chi connectivity index (χ0n) is 15.6. The molecular weight excluding hydrogens is 352 g/mol. The summed E-state index contributed by atoms with van der Waals surface area (Å²) in [5.41, 5.74) is 3.10. The van der Waals surface area contributed by atoms with Gasteiger partial charge in [0.25, 0.3) is 0 Å². The number of hydrogen-bond acceptors (Lipinski definition) is 4. The summed E-state index contributed by atoms with van der Waals surface area (Å²) in [7, 11) is 0. The molecule has 0 unspecified atom stereocenters. The van der Waals surface area contributed by atoms with Crippen LogP contribution in [-0.4, -0.2) is 28.8 Å². The number of likely N-dealkylation sites (tertiary alicyclic amines) is 1. The second-order valence-electron chi connectivity index (χ2n) is 7.24. The molecule has 2 heterocycles. The van der Waals surface area contributed by atoms with Crippen LogP contribution in [0.3, 0.4) is 0 Å². The Labute approximate surface area is 164 Å². The van der Waals surface area contributed by atoms with Crippen molar-refractivity contribution in [2.75, 3.05) is 13.1 Å². The number of aromatic nitrogens is 1. The number of hydrogen-bond donors (Lipinski definition) is 0. The molecule has 1 fully saturated rings. The van der Waals surface area contributed by atoms with Crippen molar-refractivity contribution in [2.45, 2.75) is 26.3 Å². The Morgan fingerprint density at radius 3 is 2.74 bits per heavy atom. The standard InChI is InChI=1S/C23H24N2OS/c1-17-24-21-9-8-20(15-23(21)27-17)22(26)10-7-18-11-13-25(14-12-18)16-19-5-3-2-4-6-19/h2-10,15,18H,11-14,16H2,1H3/b10-7+. The van der Waals surface area contributed by atoms with Gasteiger partial charge in [0.15, 0.2) is 5.78 Å². The maximum Gasteiger partial charge on any atom is 0.185 e. The van der Waals surface area contributed by atoms with Crippen molar-refractivity contribution in [1.29, 1.82) is 0 Å². The summed E-state index contributed by atoms with van der Waals surface area (Å²) in [4.78, 5) is 19.5. The molecule has 0 spiro atoms. The predicted octanol–water partition coefficient (Wildman–Crippen LogP) is 5.26. The molecule has 0 radical (unpaired) electrons. The molecule has 4 rings (SSSR count). The van der Waals surface area contributed by atoms with Gasteiger partial charge >= 0.3 is 0 Å². The van der Waals surface area contributed by atoms with E-state index in [4.69, 9.17) is 0 Å². The molecule has 1 saturated heterocycles. The van der Waals surface area contributed by atoms with Gasteiger partial charge in [-0.2, -0.15) is 0 Å². The molecular formula is C23H24N2OS. The molecule has 0 atom stereocenters. The van der Waals surface area contributed by atoms with Gasteiger partial charge in [0, 0.05) is 12.1 Å². The summed E-state index contributed by atoms with van der Waals surface area (Å²) < 4.78 is 1.08. The van der Waals surface area contributed by atoms with Gasteiger partial charge in [-0.05, 0) is 68.6 Å². The highest BCUT2D eigenvalue weighted by Crippen LogP contribution is 2.24. The van der Waals surface area contributed by atoms with Gasteiger partial charge < -0.3 is 0 Å². The fraction of sp³-hybridized carbons (Fsp3) is 0.304. The van der Waals surface area contributed by atoms with Crippen LogP contribution in [0.2, 0.25) is 0 Å². The van der Waals surface area contributed by atoms with E-state index in [2.05, 4.69) is 46.3 Å². The number of thiazole rings is 1. The second kappa shape index (κ2) is 8.15. The first-order valence-corrected chi connectivity index (χ1v) is 10.3. The molecule has 1 aliphatic rings. The summed E-state index contributed by atoms with van der Waals surface area (Å²) in [6.45, 7) is 5.19. The number of allylic oxidation sites excluding steroid dienone is 2. The molecule has 1 aliphatic heterocycles. The zero-order chi connectivity index (χ0) is 18.6. The highest BCUT2D eigenvalue weighted by molar-refractivity contribution is 7.18. The lowest BCUT2D eigenvalue weighted by molar-refractivity contribution is 0.104. The minimum atomic E-state index is 0.0923. The number of ketones is 1. The molecule has 4 heteroatoms. The highest BCUT2D eigenvalue weighted by Gasteiger charge is 2.17. The van der Waals surface area contributed by atoms with E-state index in [1.54, 1.807) is 17.4 Å². The molecule has 3 nitrogen and oxygen atoms in total. The van der Waals surface area contributed by atoms with E-state index in [-0.39, 0.29) is 5.78 Å². The fourth-order valence-corrected chi connectivity index (χ4v) is 4.52. The smallest absolute Gasteiger partial charge is 0.185 e. The van der Waals surface area contributed by atoms with Gasteiger partial charge in [0.2, 0.25) is 0 Å². The average molecular weight is 377 g/mol. The maximum absolute atomic E-state index is 12.5. The van der Waals surface area contributed by atoms with E-state index in [0.717, 1.165) is 53.3 Å². The summed E-state index contributed by atoms with van der Waals surface area (Å²) in [5.74, 6) is 0.588. The summed E-state index contributed by atoms with van der Waals surface area (Å²) in [6, 6.07) is 16.4. The van der Waals surface area contributed by atoms with Crippen molar-refractivity contribution in [3.63, 3.8) is 0 Å². The molecule has 0 N–H and O–H groups in total. The van der Waals surface area contributed by atoms with E-state index in [1.165, 1.54) is 5.56 Å². The van der Waals surface area contributed by atoms with Gasteiger partial charge in [-0.3, -0.25) is 9.69 Å². The fourth-order valence-electron chi connectivity index (χ4n) is 3.66. The predicted molar refractivity (Wildman–Crippen MR) is 112 cm³/mol. The number of carbonyl (C=O) groups excluding carboxylic acids is 1. The van der Waals surface area contributed by atoms with Crippen molar-refractivity contribution in [3.05, 3.63) is 76.8 Å². The van der Waals surface area contributed by atoms with Crippen LogP contribution in [0.5, 0.6) is 0 Å². The topological polar surface area (TPSA) is 33.2 Å². The first-order chi connectivity index (χ1) is 13.2. The van der Waals surface area contributed by atoms with Crippen molar-refractivity contribution >= 4 is 27.3 Å². The van der Waals surface area contributed by atoms with Gasteiger partial charge in [-0.25, -0.2) is 4.98 Å². The third kappa shape index (κ3) is 4.52. The number of piperidine rings is 1. The molecule has 138 valence electrons. The van der Waals surface area contributed by atoms with Gasteiger partial charge in [0.1, 0.15) is 0 Å². The van der Waals surface area contributed by atoms with Crippen molar-refractivity contribution < 1.29 is 4.79 Å². The number of carbonyl (C=O) groups is 1. The number of rotatable bonds is 5. The van der Waals surface area contributed by atoms with Crippen LogP contribution in [0.25, 0.3) is 10.2 Å². The Morgan fingerprint density at radius 2 is 1.96 bits per heavy atom.